The summed E-state index contributed by atoms with van der Waals surface area (Å²) in [7, 11) is 1.47. The van der Waals surface area contributed by atoms with Gasteiger partial charge in [-0.3, -0.25) is 14.6 Å². The molecule has 31 heavy (non-hydrogen) atoms. The fraction of sp³-hybridized carbons (Fsp3) is 0.391. The van der Waals surface area contributed by atoms with Crippen molar-refractivity contribution in [2.75, 3.05) is 12.4 Å². The molecule has 2 atom stereocenters. The Hall–Kier alpha value is -3.16. The number of rotatable bonds is 9. The van der Waals surface area contributed by atoms with E-state index in [1.807, 2.05) is 0 Å². The van der Waals surface area contributed by atoms with Crippen molar-refractivity contribution in [3.05, 3.63) is 59.8 Å². The van der Waals surface area contributed by atoms with Gasteiger partial charge in [-0.25, -0.2) is 13.8 Å². The van der Waals surface area contributed by atoms with E-state index >= 15 is 8.78 Å². The maximum Gasteiger partial charge on any atom is 0.278 e. The first-order valence-corrected chi connectivity index (χ1v) is 10.1. The van der Waals surface area contributed by atoms with Gasteiger partial charge in [0, 0.05) is 36.5 Å². The minimum Gasteiger partial charge on any atom is -0.344 e. The third kappa shape index (κ3) is 6.16. The number of carbonyl (C=O) groups excluding carboxylic acids is 2. The third-order valence-electron chi connectivity index (χ3n) is 4.90. The monoisotopic (exact) mass is 430 g/mol. The van der Waals surface area contributed by atoms with E-state index in [0.29, 0.717) is 0 Å². The molecule has 2 aromatic rings. The third-order valence-corrected chi connectivity index (χ3v) is 4.90. The van der Waals surface area contributed by atoms with Crippen molar-refractivity contribution in [3.8, 4) is 0 Å². The molecular formula is C23H28F2N4O2. The lowest BCUT2D eigenvalue weighted by atomic mass is 9.86. The van der Waals surface area contributed by atoms with E-state index in [-0.39, 0.29) is 35.2 Å². The zero-order valence-electron chi connectivity index (χ0n) is 18.1. The number of alkyl halides is 2. The van der Waals surface area contributed by atoms with Crippen LogP contribution < -0.4 is 10.6 Å². The van der Waals surface area contributed by atoms with Gasteiger partial charge < -0.3 is 10.6 Å². The number of nitrogens with one attached hydrogen (secondary N) is 2. The second-order valence-electron chi connectivity index (χ2n) is 7.48. The summed E-state index contributed by atoms with van der Waals surface area (Å²) in [6.07, 6.45) is 2.82. The molecule has 0 spiro atoms. The molecular weight excluding hydrogens is 402 g/mol. The van der Waals surface area contributed by atoms with Crippen LogP contribution >= 0.6 is 0 Å². The molecule has 0 aliphatic carbocycles. The first-order valence-electron chi connectivity index (χ1n) is 10.1. The number of halogens is 2. The highest BCUT2D eigenvalue weighted by atomic mass is 19.3. The van der Waals surface area contributed by atoms with E-state index in [4.69, 9.17) is 0 Å². The molecule has 0 saturated carbocycles. The molecule has 1 heterocycles. The number of hydrogen-bond acceptors (Lipinski definition) is 4. The average molecular weight is 430 g/mol. The fourth-order valence-corrected chi connectivity index (χ4v) is 3.16. The van der Waals surface area contributed by atoms with Crippen LogP contribution in [0.5, 0.6) is 0 Å². The minimum absolute atomic E-state index is 0.116. The van der Waals surface area contributed by atoms with Gasteiger partial charge in [-0.2, -0.15) is 0 Å². The molecule has 2 N–H and O–H groups in total. The normalized spacial score (nSPS) is 13.8. The number of anilines is 1. The quantitative estimate of drug-likeness (QED) is 0.582. The molecule has 1 aromatic carbocycles. The van der Waals surface area contributed by atoms with E-state index in [1.54, 1.807) is 39.0 Å². The highest BCUT2D eigenvalue weighted by molar-refractivity contribution is 5.98. The fourth-order valence-electron chi connectivity index (χ4n) is 3.16. The Morgan fingerprint density at radius 3 is 2.45 bits per heavy atom. The lowest BCUT2D eigenvalue weighted by Gasteiger charge is -2.31. The van der Waals surface area contributed by atoms with Gasteiger partial charge in [-0.05, 0) is 18.6 Å². The maximum absolute atomic E-state index is 15.3. The number of carbonyl (C=O) groups is 2. The summed E-state index contributed by atoms with van der Waals surface area (Å²) in [5.74, 6) is -5.22. The van der Waals surface area contributed by atoms with E-state index in [0.717, 1.165) is 0 Å². The number of nitrogens with zero attached hydrogens (tertiary/aromatic N) is 2. The Kier molecular flexibility index (Phi) is 8.36. The van der Waals surface area contributed by atoms with Crippen LogP contribution in [0.25, 0.3) is 0 Å². The van der Waals surface area contributed by atoms with E-state index in [2.05, 4.69) is 20.6 Å². The number of aromatic nitrogens is 1. The number of hydrogen-bond donors (Lipinski definition) is 2. The number of pyridine rings is 1. The van der Waals surface area contributed by atoms with Crippen molar-refractivity contribution in [2.24, 2.45) is 16.8 Å². The Morgan fingerprint density at radius 2 is 1.87 bits per heavy atom. The zero-order valence-corrected chi connectivity index (χ0v) is 18.1. The van der Waals surface area contributed by atoms with E-state index < -0.39 is 23.8 Å². The van der Waals surface area contributed by atoms with Crippen LogP contribution in [-0.2, 0) is 10.7 Å². The molecule has 1 aromatic heterocycles. The van der Waals surface area contributed by atoms with Gasteiger partial charge in [0.15, 0.2) is 0 Å². The van der Waals surface area contributed by atoms with Crippen LogP contribution in [0.15, 0.2) is 53.7 Å². The Balaban J connectivity index is 2.26. The number of benzene rings is 1. The molecule has 2 unspecified atom stereocenters. The van der Waals surface area contributed by atoms with Gasteiger partial charge in [-0.15, -0.1) is 0 Å². The molecule has 0 bridgehead atoms. The van der Waals surface area contributed by atoms with E-state index in [9.17, 15) is 9.59 Å². The van der Waals surface area contributed by atoms with Crippen molar-refractivity contribution < 1.29 is 18.4 Å². The minimum atomic E-state index is -3.18. The van der Waals surface area contributed by atoms with Crippen LogP contribution in [0, 0.1) is 11.8 Å². The highest BCUT2D eigenvalue weighted by Crippen LogP contribution is 2.39. The molecule has 166 valence electrons. The van der Waals surface area contributed by atoms with Crippen molar-refractivity contribution in [1.29, 1.82) is 0 Å². The van der Waals surface area contributed by atoms with Crippen LogP contribution in [0.3, 0.4) is 0 Å². The van der Waals surface area contributed by atoms with Gasteiger partial charge in [0.05, 0.1) is 12.0 Å². The first kappa shape index (κ1) is 24.1. The van der Waals surface area contributed by atoms with Crippen LogP contribution in [0.2, 0.25) is 0 Å². The summed E-state index contributed by atoms with van der Waals surface area (Å²) < 4.78 is 30.5. The Labute approximate surface area is 181 Å². The molecule has 8 heteroatoms. The van der Waals surface area contributed by atoms with E-state index in [1.165, 1.54) is 43.7 Å². The number of amides is 2. The van der Waals surface area contributed by atoms with Gasteiger partial charge in [0.25, 0.3) is 11.8 Å². The lowest BCUT2D eigenvalue weighted by molar-refractivity contribution is -0.118. The summed E-state index contributed by atoms with van der Waals surface area (Å²) >= 11 is 0. The number of aliphatic imine (C=N–C) groups is 1. The summed E-state index contributed by atoms with van der Waals surface area (Å²) in [6.45, 7) is 5.12. The standard InChI is InChI=1S/C23H28F2N4O2/c1-5-18(23(24,25)17-9-7-6-8-10-17)19(14-26-4)28-22(31)16-11-12-27-20(13-16)29-21(30)15(2)3/h6-15,18-19H,5H2,1-4H3,(H,28,31)(H,27,29,30). The zero-order chi connectivity index (χ0) is 23.0. The molecule has 2 rings (SSSR count). The summed E-state index contributed by atoms with van der Waals surface area (Å²) in [5, 5.41) is 5.27. The average Bonchev–Trinajstić information content (AvgIpc) is 2.75. The predicted molar refractivity (Wildman–Crippen MR) is 117 cm³/mol. The van der Waals surface area contributed by atoms with Gasteiger partial charge in [-0.1, -0.05) is 51.1 Å². The van der Waals surface area contributed by atoms with Crippen molar-refractivity contribution in [2.45, 2.75) is 39.2 Å². The maximum atomic E-state index is 15.3. The summed E-state index contributed by atoms with van der Waals surface area (Å²) in [5.41, 5.74) is 0.0784. The predicted octanol–water partition coefficient (Wildman–Crippen LogP) is 4.29. The smallest absolute Gasteiger partial charge is 0.278 e. The second-order valence-corrected chi connectivity index (χ2v) is 7.48. The van der Waals surface area contributed by atoms with Crippen LogP contribution in [0.4, 0.5) is 14.6 Å². The molecule has 2 amide bonds. The topological polar surface area (TPSA) is 83.4 Å². The van der Waals surface area contributed by atoms with Gasteiger partial charge >= 0.3 is 0 Å². The first-order chi connectivity index (χ1) is 14.7. The molecule has 6 nitrogen and oxygen atoms in total. The lowest BCUT2D eigenvalue weighted by Crippen LogP contribution is -2.47. The molecule has 0 fully saturated rings. The van der Waals surface area contributed by atoms with Crippen molar-refractivity contribution >= 4 is 23.8 Å². The summed E-state index contributed by atoms with van der Waals surface area (Å²) in [6, 6.07) is 9.39. The van der Waals surface area contributed by atoms with Crippen molar-refractivity contribution in [1.82, 2.24) is 10.3 Å². The van der Waals surface area contributed by atoms with Gasteiger partial charge in [0.1, 0.15) is 5.82 Å². The Morgan fingerprint density at radius 1 is 1.19 bits per heavy atom. The molecule has 0 aliphatic rings. The second kappa shape index (κ2) is 10.7. The van der Waals surface area contributed by atoms with Crippen molar-refractivity contribution in [3.63, 3.8) is 0 Å². The largest absolute Gasteiger partial charge is 0.344 e. The van der Waals surface area contributed by atoms with Crippen LogP contribution in [0.1, 0.15) is 43.1 Å². The molecule has 0 radical (unpaired) electrons. The molecule has 0 aliphatic heterocycles. The van der Waals surface area contributed by atoms with Gasteiger partial charge in [0.2, 0.25) is 5.91 Å². The SMILES string of the molecule is CCC(C(C=NC)NC(=O)c1ccnc(NC(=O)C(C)C)c1)C(F)(F)c1ccccc1. The Bertz CT molecular complexity index is 917. The highest BCUT2D eigenvalue weighted by Gasteiger charge is 2.44. The summed E-state index contributed by atoms with van der Waals surface area (Å²) in [4.78, 5) is 32.6. The van der Waals surface area contributed by atoms with Crippen LogP contribution in [-0.4, -0.2) is 36.1 Å². The molecule has 0 saturated heterocycles.